The molecule has 24 heavy (non-hydrogen) atoms. The predicted octanol–water partition coefficient (Wildman–Crippen LogP) is 1.62. The van der Waals surface area contributed by atoms with Crippen molar-refractivity contribution in [1.82, 2.24) is 19.8 Å². The van der Waals surface area contributed by atoms with Gasteiger partial charge in [0.1, 0.15) is 5.82 Å². The molecule has 6 nitrogen and oxygen atoms in total. The van der Waals surface area contributed by atoms with Crippen LogP contribution >= 0.6 is 0 Å². The van der Waals surface area contributed by atoms with Crippen LogP contribution in [0.5, 0.6) is 0 Å². The summed E-state index contributed by atoms with van der Waals surface area (Å²) in [6, 6.07) is 6.16. The molecule has 0 spiro atoms. The van der Waals surface area contributed by atoms with Gasteiger partial charge < -0.3 is 15.2 Å². The minimum atomic E-state index is 0.0218. The Morgan fingerprint density at radius 3 is 2.79 bits per heavy atom. The molecular formula is C18H25N5O. The number of nitrogens with one attached hydrogen (secondary N) is 2. The zero-order valence-corrected chi connectivity index (χ0v) is 14.5. The number of carbonyl (C=O) groups is 1. The molecule has 0 saturated carbocycles. The number of aromatic nitrogens is 2. The third-order valence-electron chi connectivity index (χ3n) is 4.60. The Morgan fingerprint density at radius 1 is 1.38 bits per heavy atom. The summed E-state index contributed by atoms with van der Waals surface area (Å²) < 4.78 is 2.02. The van der Waals surface area contributed by atoms with Crippen LogP contribution in [0, 0.1) is 13.8 Å². The number of carbonyl (C=O) groups excluding carboxylic acids is 1. The van der Waals surface area contributed by atoms with Crippen LogP contribution in [-0.2, 0) is 11.8 Å². The molecule has 0 bridgehead atoms. The number of para-hydroxylation sites is 1. The number of anilines is 1. The number of hydrogen-bond donors (Lipinski definition) is 2. The lowest BCUT2D eigenvalue weighted by atomic mass is 10.1. The van der Waals surface area contributed by atoms with Crippen molar-refractivity contribution in [2.45, 2.75) is 19.9 Å². The first-order chi connectivity index (χ1) is 11.6. The normalized spacial score (nSPS) is 18.5. The van der Waals surface area contributed by atoms with E-state index in [1.807, 2.05) is 49.9 Å². The summed E-state index contributed by atoms with van der Waals surface area (Å²) in [5, 5.41) is 6.47. The number of benzene rings is 1. The van der Waals surface area contributed by atoms with E-state index >= 15 is 0 Å². The van der Waals surface area contributed by atoms with Gasteiger partial charge in [-0.05, 0) is 25.0 Å². The highest BCUT2D eigenvalue weighted by Gasteiger charge is 2.28. The SMILES string of the molecule is Cc1cccc(C)c1NC(=O)CN1CCNCC1c1nccn1C. The van der Waals surface area contributed by atoms with Crippen molar-refractivity contribution < 1.29 is 4.79 Å². The average Bonchev–Trinajstić information content (AvgIpc) is 2.98. The lowest BCUT2D eigenvalue weighted by Crippen LogP contribution is -2.49. The third kappa shape index (κ3) is 3.49. The summed E-state index contributed by atoms with van der Waals surface area (Å²) in [5.74, 6) is 1.01. The zero-order chi connectivity index (χ0) is 17.1. The summed E-state index contributed by atoms with van der Waals surface area (Å²) in [7, 11) is 1.99. The Hall–Kier alpha value is -2.18. The molecule has 1 fully saturated rings. The summed E-state index contributed by atoms with van der Waals surface area (Å²) in [6.07, 6.45) is 3.75. The fraction of sp³-hybridized carbons (Fsp3) is 0.444. The van der Waals surface area contributed by atoms with Gasteiger partial charge in [-0.25, -0.2) is 4.98 Å². The number of rotatable bonds is 4. The minimum Gasteiger partial charge on any atom is -0.337 e. The van der Waals surface area contributed by atoms with Gasteiger partial charge in [0.15, 0.2) is 0 Å². The van der Waals surface area contributed by atoms with Gasteiger partial charge in [-0.2, -0.15) is 0 Å². The van der Waals surface area contributed by atoms with Gasteiger partial charge in [-0.15, -0.1) is 0 Å². The van der Waals surface area contributed by atoms with E-state index in [-0.39, 0.29) is 11.9 Å². The Morgan fingerprint density at radius 2 is 2.12 bits per heavy atom. The van der Waals surface area contributed by atoms with E-state index in [0.29, 0.717) is 6.54 Å². The van der Waals surface area contributed by atoms with E-state index < -0.39 is 0 Å². The fourth-order valence-corrected chi connectivity index (χ4v) is 3.26. The van der Waals surface area contributed by atoms with Crippen LogP contribution in [-0.4, -0.2) is 46.5 Å². The maximum absolute atomic E-state index is 12.6. The van der Waals surface area contributed by atoms with Crippen molar-refractivity contribution in [3.63, 3.8) is 0 Å². The highest BCUT2D eigenvalue weighted by molar-refractivity contribution is 5.93. The predicted molar refractivity (Wildman–Crippen MR) is 94.9 cm³/mol. The average molecular weight is 327 g/mol. The summed E-state index contributed by atoms with van der Waals surface area (Å²) in [6.45, 7) is 6.93. The van der Waals surface area contributed by atoms with Crippen molar-refractivity contribution in [3.8, 4) is 0 Å². The number of piperazine rings is 1. The Labute approximate surface area is 142 Å². The van der Waals surface area contributed by atoms with E-state index in [1.165, 1.54) is 0 Å². The van der Waals surface area contributed by atoms with Crippen molar-refractivity contribution in [3.05, 3.63) is 47.5 Å². The molecule has 1 saturated heterocycles. The maximum Gasteiger partial charge on any atom is 0.238 e. The monoisotopic (exact) mass is 327 g/mol. The molecule has 2 heterocycles. The van der Waals surface area contributed by atoms with E-state index in [9.17, 15) is 4.79 Å². The van der Waals surface area contributed by atoms with Gasteiger partial charge in [0.2, 0.25) is 5.91 Å². The van der Waals surface area contributed by atoms with Crippen LogP contribution in [0.2, 0.25) is 0 Å². The highest BCUT2D eigenvalue weighted by atomic mass is 16.2. The van der Waals surface area contributed by atoms with Crippen LogP contribution in [0.4, 0.5) is 5.69 Å². The molecule has 1 aromatic heterocycles. The first-order valence-electron chi connectivity index (χ1n) is 8.34. The second-order valence-corrected chi connectivity index (χ2v) is 6.40. The zero-order valence-electron chi connectivity index (χ0n) is 14.5. The van der Waals surface area contributed by atoms with E-state index in [0.717, 1.165) is 42.3 Å². The van der Waals surface area contributed by atoms with Crippen LogP contribution in [0.25, 0.3) is 0 Å². The first-order valence-corrected chi connectivity index (χ1v) is 8.34. The van der Waals surface area contributed by atoms with Crippen LogP contribution in [0.3, 0.4) is 0 Å². The van der Waals surface area contributed by atoms with Crippen molar-refractivity contribution in [2.75, 3.05) is 31.5 Å². The second-order valence-electron chi connectivity index (χ2n) is 6.40. The van der Waals surface area contributed by atoms with Gasteiger partial charge in [0.05, 0.1) is 12.6 Å². The molecule has 1 amide bonds. The van der Waals surface area contributed by atoms with Crippen LogP contribution < -0.4 is 10.6 Å². The molecule has 1 atom stereocenters. The molecule has 1 unspecified atom stereocenters. The first kappa shape index (κ1) is 16.7. The Kier molecular flexibility index (Phi) is 4.97. The lowest BCUT2D eigenvalue weighted by molar-refractivity contribution is -0.118. The number of imidazole rings is 1. The largest absolute Gasteiger partial charge is 0.337 e. The Balaban J connectivity index is 1.71. The second kappa shape index (κ2) is 7.15. The smallest absolute Gasteiger partial charge is 0.238 e. The molecule has 1 aromatic carbocycles. The minimum absolute atomic E-state index is 0.0218. The van der Waals surface area contributed by atoms with E-state index in [2.05, 4.69) is 20.5 Å². The van der Waals surface area contributed by atoms with Crippen molar-refractivity contribution >= 4 is 11.6 Å². The molecule has 1 aliphatic rings. The Bertz CT molecular complexity index is 704. The molecule has 3 rings (SSSR count). The molecular weight excluding hydrogens is 302 g/mol. The van der Waals surface area contributed by atoms with E-state index in [1.54, 1.807) is 6.20 Å². The van der Waals surface area contributed by atoms with Gasteiger partial charge >= 0.3 is 0 Å². The molecule has 0 aliphatic carbocycles. The summed E-state index contributed by atoms with van der Waals surface area (Å²) in [5.41, 5.74) is 3.10. The van der Waals surface area contributed by atoms with Gasteiger partial charge in [0, 0.05) is 44.8 Å². The van der Waals surface area contributed by atoms with Gasteiger partial charge in [-0.3, -0.25) is 9.69 Å². The summed E-state index contributed by atoms with van der Waals surface area (Å²) in [4.78, 5) is 19.2. The van der Waals surface area contributed by atoms with Crippen LogP contribution in [0.1, 0.15) is 23.0 Å². The van der Waals surface area contributed by atoms with Gasteiger partial charge in [-0.1, -0.05) is 18.2 Å². The van der Waals surface area contributed by atoms with Crippen LogP contribution in [0.15, 0.2) is 30.6 Å². The quantitative estimate of drug-likeness (QED) is 0.896. The lowest BCUT2D eigenvalue weighted by Gasteiger charge is -2.35. The maximum atomic E-state index is 12.6. The van der Waals surface area contributed by atoms with Crippen molar-refractivity contribution in [1.29, 1.82) is 0 Å². The fourth-order valence-electron chi connectivity index (χ4n) is 3.26. The highest BCUT2D eigenvalue weighted by Crippen LogP contribution is 2.22. The topological polar surface area (TPSA) is 62.2 Å². The molecule has 1 aliphatic heterocycles. The van der Waals surface area contributed by atoms with Gasteiger partial charge in [0.25, 0.3) is 0 Å². The standard InChI is InChI=1S/C18H25N5O/c1-13-5-4-6-14(2)17(13)21-16(24)12-23-10-7-19-11-15(23)18-20-8-9-22(18)3/h4-6,8-9,15,19H,7,10-12H2,1-3H3,(H,21,24). The summed E-state index contributed by atoms with van der Waals surface area (Å²) >= 11 is 0. The molecule has 6 heteroatoms. The number of nitrogens with zero attached hydrogens (tertiary/aromatic N) is 3. The molecule has 2 N–H and O–H groups in total. The molecule has 128 valence electrons. The third-order valence-corrected chi connectivity index (χ3v) is 4.60. The number of hydrogen-bond acceptors (Lipinski definition) is 4. The molecule has 2 aromatic rings. The van der Waals surface area contributed by atoms with Crippen molar-refractivity contribution in [2.24, 2.45) is 7.05 Å². The van der Waals surface area contributed by atoms with E-state index in [4.69, 9.17) is 0 Å². The number of aryl methyl sites for hydroxylation is 3. The molecule has 0 radical (unpaired) electrons. The number of amides is 1.